The summed E-state index contributed by atoms with van der Waals surface area (Å²) in [5, 5.41) is 0. The van der Waals surface area contributed by atoms with Crippen LogP contribution in [-0.2, 0) is 6.54 Å². The van der Waals surface area contributed by atoms with E-state index in [0.717, 1.165) is 18.8 Å². The molecule has 1 aliphatic rings. The summed E-state index contributed by atoms with van der Waals surface area (Å²) in [7, 11) is 0. The van der Waals surface area contributed by atoms with Crippen molar-refractivity contribution in [3.63, 3.8) is 0 Å². The van der Waals surface area contributed by atoms with Gasteiger partial charge in [-0.05, 0) is 43.9 Å². The highest BCUT2D eigenvalue weighted by Crippen LogP contribution is 2.26. The van der Waals surface area contributed by atoms with E-state index in [-0.39, 0.29) is 11.7 Å². The number of nitrogen functional groups attached to an aromatic ring is 1. The van der Waals surface area contributed by atoms with Gasteiger partial charge in [-0.1, -0.05) is 26.7 Å². The molecule has 2 rings (SSSR count). The minimum Gasteiger partial charge on any atom is -0.455 e. The van der Waals surface area contributed by atoms with E-state index < -0.39 is 0 Å². The number of hydrazine groups is 1. The summed E-state index contributed by atoms with van der Waals surface area (Å²) in [6, 6.07) is 4.22. The van der Waals surface area contributed by atoms with Crippen molar-refractivity contribution in [2.75, 3.05) is 6.54 Å². The predicted octanol–water partition coefficient (Wildman–Crippen LogP) is 2.67. The average molecular weight is 293 g/mol. The van der Waals surface area contributed by atoms with Crippen LogP contribution < -0.4 is 11.3 Å². The maximum absolute atomic E-state index is 11.4. The first-order valence-corrected chi connectivity index (χ1v) is 7.94. The minimum absolute atomic E-state index is 0.280. The van der Waals surface area contributed by atoms with Crippen LogP contribution in [0.25, 0.3) is 0 Å². The van der Waals surface area contributed by atoms with Gasteiger partial charge < -0.3 is 4.42 Å². The zero-order valence-electron chi connectivity index (χ0n) is 13.1. The van der Waals surface area contributed by atoms with Gasteiger partial charge in [0.15, 0.2) is 5.76 Å². The molecule has 1 aliphatic carbocycles. The number of carbonyl (C=O) groups is 1. The molecule has 1 saturated carbocycles. The van der Waals surface area contributed by atoms with Crippen molar-refractivity contribution >= 4 is 5.91 Å². The largest absolute Gasteiger partial charge is 0.455 e. The van der Waals surface area contributed by atoms with E-state index in [2.05, 4.69) is 24.2 Å². The van der Waals surface area contributed by atoms with Crippen molar-refractivity contribution < 1.29 is 9.21 Å². The maximum atomic E-state index is 11.4. The minimum atomic E-state index is -0.379. The molecule has 5 heteroatoms. The molecule has 0 spiro atoms. The highest BCUT2D eigenvalue weighted by atomic mass is 16.4. The summed E-state index contributed by atoms with van der Waals surface area (Å²) in [5.74, 6) is 6.56. The van der Waals surface area contributed by atoms with E-state index in [0.29, 0.717) is 12.0 Å². The van der Waals surface area contributed by atoms with Crippen molar-refractivity contribution in [2.24, 2.45) is 11.8 Å². The van der Waals surface area contributed by atoms with Crippen LogP contribution in [0.5, 0.6) is 0 Å². The highest BCUT2D eigenvalue weighted by molar-refractivity contribution is 5.90. The first kappa shape index (κ1) is 16.0. The lowest BCUT2D eigenvalue weighted by molar-refractivity contribution is 0.0920. The zero-order valence-corrected chi connectivity index (χ0v) is 13.1. The van der Waals surface area contributed by atoms with Crippen molar-refractivity contribution in [2.45, 2.75) is 58.5 Å². The molecule has 118 valence electrons. The van der Waals surface area contributed by atoms with Crippen molar-refractivity contribution in [3.05, 3.63) is 23.7 Å². The smallest absolute Gasteiger partial charge is 0.300 e. The molecule has 3 N–H and O–H groups in total. The molecule has 1 amide bonds. The maximum Gasteiger partial charge on any atom is 0.300 e. The van der Waals surface area contributed by atoms with Crippen molar-refractivity contribution in [1.29, 1.82) is 0 Å². The fraction of sp³-hybridized carbons (Fsp3) is 0.688. The topological polar surface area (TPSA) is 71.5 Å². The molecule has 0 aromatic carbocycles. The van der Waals surface area contributed by atoms with Crippen LogP contribution in [0.3, 0.4) is 0 Å². The van der Waals surface area contributed by atoms with Crippen LogP contribution in [0.1, 0.15) is 62.3 Å². The van der Waals surface area contributed by atoms with E-state index in [1.807, 2.05) is 6.07 Å². The Morgan fingerprint density at radius 1 is 1.43 bits per heavy atom. The van der Waals surface area contributed by atoms with Gasteiger partial charge in [0.1, 0.15) is 5.76 Å². The quantitative estimate of drug-likeness (QED) is 0.460. The summed E-state index contributed by atoms with van der Waals surface area (Å²) in [6.45, 7) is 6.36. The Kier molecular flexibility index (Phi) is 5.82. The summed E-state index contributed by atoms with van der Waals surface area (Å²) in [5.41, 5.74) is 2.10. The van der Waals surface area contributed by atoms with Crippen molar-refractivity contribution in [1.82, 2.24) is 10.3 Å². The Hall–Kier alpha value is -1.33. The molecule has 1 heterocycles. The first-order chi connectivity index (χ1) is 10.1. The Morgan fingerprint density at radius 3 is 2.76 bits per heavy atom. The number of nitrogens with one attached hydrogen (secondary N) is 1. The van der Waals surface area contributed by atoms with Crippen LogP contribution >= 0.6 is 0 Å². The molecule has 5 nitrogen and oxygen atoms in total. The fourth-order valence-corrected chi connectivity index (χ4v) is 2.94. The molecule has 0 atom stereocenters. The summed E-state index contributed by atoms with van der Waals surface area (Å²) in [4.78, 5) is 14.0. The molecule has 21 heavy (non-hydrogen) atoms. The van der Waals surface area contributed by atoms with E-state index >= 15 is 0 Å². The zero-order chi connectivity index (χ0) is 15.2. The number of hydrogen-bond donors (Lipinski definition) is 2. The number of carbonyl (C=O) groups excluding carboxylic acids is 1. The monoisotopic (exact) mass is 293 g/mol. The molecule has 1 aromatic heterocycles. The lowest BCUT2D eigenvalue weighted by Crippen LogP contribution is -2.34. The highest BCUT2D eigenvalue weighted by Gasteiger charge is 2.23. The second kappa shape index (κ2) is 7.61. The first-order valence-electron chi connectivity index (χ1n) is 7.94. The molecular formula is C16H27N3O2. The van der Waals surface area contributed by atoms with Gasteiger partial charge in [-0.25, -0.2) is 5.84 Å². The third kappa shape index (κ3) is 4.58. The molecule has 0 aliphatic heterocycles. The third-order valence-electron chi connectivity index (χ3n) is 4.21. The molecular weight excluding hydrogens is 266 g/mol. The van der Waals surface area contributed by atoms with Crippen LogP contribution in [-0.4, -0.2) is 23.4 Å². The fourth-order valence-electron chi connectivity index (χ4n) is 2.94. The third-order valence-corrected chi connectivity index (χ3v) is 4.21. The second-order valence-corrected chi connectivity index (χ2v) is 6.33. The van der Waals surface area contributed by atoms with Gasteiger partial charge in [0.25, 0.3) is 0 Å². The number of nitrogens with two attached hydrogens (primary N) is 1. The Labute approximate surface area is 126 Å². The van der Waals surface area contributed by atoms with Gasteiger partial charge in [0.2, 0.25) is 0 Å². The Morgan fingerprint density at radius 2 is 2.14 bits per heavy atom. The van der Waals surface area contributed by atoms with Crippen LogP contribution in [0.4, 0.5) is 0 Å². The lowest BCUT2D eigenvalue weighted by atomic mass is 10.1. The average Bonchev–Trinajstić information content (AvgIpc) is 3.13. The summed E-state index contributed by atoms with van der Waals surface area (Å²) in [6.07, 6.45) is 6.38. The van der Waals surface area contributed by atoms with Gasteiger partial charge in [-0.3, -0.25) is 15.1 Å². The van der Waals surface area contributed by atoms with Gasteiger partial charge in [-0.15, -0.1) is 0 Å². The lowest BCUT2D eigenvalue weighted by Gasteiger charge is -2.28. The molecule has 0 radical (unpaired) electrons. The van der Waals surface area contributed by atoms with Crippen LogP contribution in [0.2, 0.25) is 0 Å². The molecule has 0 bridgehead atoms. The van der Waals surface area contributed by atoms with E-state index in [4.69, 9.17) is 10.3 Å². The molecule has 1 aromatic rings. The summed E-state index contributed by atoms with van der Waals surface area (Å²) >= 11 is 0. The van der Waals surface area contributed by atoms with E-state index in [1.54, 1.807) is 6.07 Å². The normalized spacial score (nSPS) is 16.0. The number of furan rings is 1. The molecule has 0 unspecified atom stereocenters. The SMILES string of the molecule is CC(C)CCN(Cc1ccc(C(=O)NN)o1)C1CCCC1. The van der Waals surface area contributed by atoms with Gasteiger partial charge in [0, 0.05) is 6.04 Å². The van der Waals surface area contributed by atoms with Gasteiger partial charge >= 0.3 is 5.91 Å². The number of rotatable bonds is 7. The standard InChI is InChI=1S/C16H27N3O2/c1-12(2)9-10-19(13-5-3-4-6-13)11-14-7-8-15(21-14)16(20)18-17/h7-8,12-13H,3-6,9-11,17H2,1-2H3,(H,18,20). The summed E-state index contributed by atoms with van der Waals surface area (Å²) < 4.78 is 5.60. The van der Waals surface area contributed by atoms with Crippen LogP contribution in [0.15, 0.2) is 16.5 Å². The molecule has 1 fully saturated rings. The van der Waals surface area contributed by atoms with E-state index in [9.17, 15) is 4.79 Å². The van der Waals surface area contributed by atoms with Crippen molar-refractivity contribution in [3.8, 4) is 0 Å². The van der Waals surface area contributed by atoms with Gasteiger partial charge in [0.05, 0.1) is 6.54 Å². The molecule has 0 saturated heterocycles. The number of amides is 1. The van der Waals surface area contributed by atoms with Gasteiger partial charge in [-0.2, -0.15) is 0 Å². The number of nitrogens with zero attached hydrogens (tertiary/aromatic N) is 1. The Balaban J connectivity index is 1.99. The predicted molar refractivity (Wildman–Crippen MR) is 82.5 cm³/mol. The van der Waals surface area contributed by atoms with Crippen LogP contribution in [0, 0.1) is 5.92 Å². The number of hydrogen-bond acceptors (Lipinski definition) is 4. The Bertz CT molecular complexity index is 450. The van der Waals surface area contributed by atoms with E-state index in [1.165, 1.54) is 32.1 Å². The second-order valence-electron chi connectivity index (χ2n) is 6.33.